The average molecular weight is 177 g/mol. The van der Waals surface area contributed by atoms with Gasteiger partial charge in [0.2, 0.25) is 0 Å². The van der Waals surface area contributed by atoms with Crippen molar-refractivity contribution in [2.24, 2.45) is 0 Å². The molecule has 1 aromatic rings. The number of ether oxygens (including phenoxy) is 1. The highest BCUT2D eigenvalue weighted by atomic mass is 16.5. The second-order valence-electron chi connectivity index (χ2n) is 3.33. The lowest BCUT2D eigenvalue weighted by atomic mass is 10.0. The van der Waals surface area contributed by atoms with Crippen molar-refractivity contribution in [1.82, 2.24) is 4.98 Å². The standard InChI is InChI=1S/C10H11NO2/c1-13-8-3-2-6-11-9(8)10(7-12)4-5-10/h2-3,6-7H,4-5H2,1H3. The number of carbonyl (C=O) groups excluding carboxylic acids is 1. The lowest BCUT2D eigenvalue weighted by Crippen LogP contribution is -2.11. The van der Waals surface area contributed by atoms with Gasteiger partial charge in [-0.15, -0.1) is 0 Å². The van der Waals surface area contributed by atoms with E-state index >= 15 is 0 Å². The molecule has 0 radical (unpaired) electrons. The summed E-state index contributed by atoms with van der Waals surface area (Å²) < 4.78 is 5.15. The summed E-state index contributed by atoms with van der Waals surface area (Å²) in [6.07, 6.45) is 4.47. The van der Waals surface area contributed by atoms with Crippen LogP contribution in [0.15, 0.2) is 18.3 Å². The van der Waals surface area contributed by atoms with Gasteiger partial charge in [0, 0.05) is 6.20 Å². The van der Waals surface area contributed by atoms with Crippen LogP contribution in [-0.4, -0.2) is 18.4 Å². The molecule has 1 aliphatic rings. The van der Waals surface area contributed by atoms with Crippen LogP contribution in [0.25, 0.3) is 0 Å². The van der Waals surface area contributed by atoms with Crippen LogP contribution in [0.5, 0.6) is 5.75 Å². The summed E-state index contributed by atoms with van der Waals surface area (Å²) in [4.78, 5) is 15.1. The molecule has 0 unspecified atom stereocenters. The van der Waals surface area contributed by atoms with Crippen LogP contribution in [0.3, 0.4) is 0 Å². The number of methoxy groups -OCH3 is 1. The first kappa shape index (κ1) is 8.23. The highest BCUT2D eigenvalue weighted by Gasteiger charge is 2.47. The molecular weight excluding hydrogens is 166 g/mol. The zero-order valence-corrected chi connectivity index (χ0v) is 7.49. The summed E-state index contributed by atoms with van der Waals surface area (Å²) >= 11 is 0. The fraction of sp³-hybridized carbons (Fsp3) is 0.400. The molecule has 1 fully saturated rings. The maximum Gasteiger partial charge on any atom is 0.141 e. The predicted molar refractivity (Wildman–Crippen MR) is 47.8 cm³/mol. The minimum atomic E-state index is -0.341. The van der Waals surface area contributed by atoms with Gasteiger partial charge >= 0.3 is 0 Å². The molecule has 0 saturated heterocycles. The molecule has 13 heavy (non-hydrogen) atoms. The van der Waals surface area contributed by atoms with Crippen LogP contribution in [0.4, 0.5) is 0 Å². The Bertz CT molecular complexity index is 331. The number of hydrogen-bond acceptors (Lipinski definition) is 3. The summed E-state index contributed by atoms with van der Waals surface area (Å²) in [5.74, 6) is 0.715. The van der Waals surface area contributed by atoms with Crippen molar-refractivity contribution in [1.29, 1.82) is 0 Å². The summed E-state index contributed by atoms with van der Waals surface area (Å²) in [5.41, 5.74) is 0.444. The quantitative estimate of drug-likeness (QED) is 0.653. The van der Waals surface area contributed by atoms with Gasteiger partial charge in [-0.05, 0) is 25.0 Å². The Morgan fingerprint density at radius 3 is 2.92 bits per heavy atom. The zero-order valence-electron chi connectivity index (χ0n) is 7.49. The van der Waals surface area contributed by atoms with Crippen molar-refractivity contribution in [3.8, 4) is 5.75 Å². The van der Waals surface area contributed by atoms with E-state index in [1.54, 1.807) is 13.3 Å². The van der Waals surface area contributed by atoms with Gasteiger partial charge in [-0.1, -0.05) is 0 Å². The highest BCUT2D eigenvalue weighted by Crippen LogP contribution is 2.48. The maximum absolute atomic E-state index is 10.9. The third-order valence-corrected chi connectivity index (χ3v) is 2.48. The van der Waals surface area contributed by atoms with E-state index in [0.717, 1.165) is 24.8 Å². The monoisotopic (exact) mass is 177 g/mol. The molecule has 0 bridgehead atoms. The van der Waals surface area contributed by atoms with Crippen molar-refractivity contribution in [3.63, 3.8) is 0 Å². The van der Waals surface area contributed by atoms with Crippen molar-refractivity contribution >= 4 is 6.29 Å². The fourth-order valence-corrected chi connectivity index (χ4v) is 1.47. The molecule has 0 atom stereocenters. The number of nitrogens with zero attached hydrogens (tertiary/aromatic N) is 1. The predicted octanol–water partition coefficient (Wildman–Crippen LogP) is 1.32. The smallest absolute Gasteiger partial charge is 0.141 e. The Hall–Kier alpha value is -1.38. The van der Waals surface area contributed by atoms with Crippen molar-refractivity contribution in [2.75, 3.05) is 7.11 Å². The molecule has 3 heteroatoms. The number of pyridine rings is 1. The summed E-state index contributed by atoms with van der Waals surface area (Å²) in [6.45, 7) is 0. The van der Waals surface area contributed by atoms with Gasteiger partial charge in [0.15, 0.2) is 0 Å². The van der Waals surface area contributed by atoms with Gasteiger partial charge in [0.25, 0.3) is 0 Å². The summed E-state index contributed by atoms with van der Waals surface area (Å²) in [7, 11) is 1.60. The van der Waals surface area contributed by atoms with Crippen LogP contribution in [-0.2, 0) is 10.2 Å². The average Bonchev–Trinajstić information content (AvgIpc) is 2.98. The minimum absolute atomic E-state index is 0.341. The van der Waals surface area contributed by atoms with E-state index in [2.05, 4.69) is 4.98 Å². The maximum atomic E-state index is 10.9. The Kier molecular flexibility index (Phi) is 1.79. The first-order chi connectivity index (χ1) is 6.32. The third kappa shape index (κ3) is 1.20. The zero-order chi connectivity index (χ0) is 9.31. The van der Waals surface area contributed by atoms with E-state index < -0.39 is 0 Å². The van der Waals surface area contributed by atoms with Gasteiger partial charge < -0.3 is 9.53 Å². The molecule has 1 saturated carbocycles. The first-order valence-corrected chi connectivity index (χ1v) is 4.28. The molecule has 1 heterocycles. The molecule has 0 aromatic carbocycles. The van der Waals surface area contributed by atoms with Crippen molar-refractivity contribution < 1.29 is 9.53 Å². The molecule has 1 aliphatic carbocycles. The molecule has 0 spiro atoms. The number of aromatic nitrogens is 1. The molecular formula is C10H11NO2. The first-order valence-electron chi connectivity index (χ1n) is 4.28. The van der Waals surface area contributed by atoms with E-state index in [1.807, 2.05) is 12.1 Å². The van der Waals surface area contributed by atoms with Crippen molar-refractivity contribution in [2.45, 2.75) is 18.3 Å². The lowest BCUT2D eigenvalue weighted by Gasteiger charge is -2.10. The second kappa shape index (κ2) is 2.83. The fourth-order valence-electron chi connectivity index (χ4n) is 1.47. The third-order valence-electron chi connectivity index (χ3n) is 2.48. The molecule has 0 N–H and O–H groups in total. The minimum Gasteiger partial charge on any atom is -0.495 e. The van der Waals surface area contributed by atoms with E-state index in [9.17, 15) is 4.79 Å². The lowest BCUT2D eigenvalue weighted by molar-refractivity contribution is -0.110. The second-order valence-corrected chi connectivity index (χ2v) is 3.33. The molecule has 0 aliphatic heterocycles. The summed E-state index contributed by atoms with van der Waals surface area (Å²) in [5, 5.41) is 0. The van der Waals surface area contributed by atoms with Crippen LogP contribution < -0.4 is 4.74 Å². The summed E-state index contributed by atoms with van der Waals surface area (Å²) in [6, 6.07) is 3.65. The largest absolute Gasteiger partial charge is 0.495 e. The Labute approximate surface area is 76.7 Å². The Balaban J connectivity index is 2.44. The molecule has 68 valence electrons. The topological polar surface area (TPSA) is 39.2 Å². The van der Waals surface area contributed by atoms with Crippen molar-refractivity contribution in [3.05, 3.63) is 24.0 Å². The normalized spacial score (nSPS) is 17.9. The van der Waals surface area contributed by atoms with Gasteiger partial charge in [-0.25, -0.2) is 0 Å². The van der Waals surface area contributed by atoms with Crippen LogP contribution in [0.1, 0.15) is 18.5 Å². The molecule has 3 nitrogen and oxygen atoms in total. The SMILES string of the molecule is COc1cccnc1C1(C=O)CC1. The highest BCUT2D eigenvalue weighted by molar-refractivity contribution is 5.73. The van der Waals surface area contributed by atoms with Crippen LogP contribution >= 0.6 is 0 Å². The molecule has 0 amide bonds. The molecule has 1 aromatic heterocycles. The number of rotatable bonds is 3. The van der Waals surface area contributed by atoms with Crippen LogP contribution in [0, 0.1) is 0 Å². The number of carbonyl (C=O) groups is 1. The Morgan fingerprint density at radius 1 is 1.62 bits per heavy atom. The van der Waals surface area contributed by atoms with Gasteiger partial charge in [-0.2, -0.15) is 0 Å². The van der Waals surface area contributed by atoms with E-state index in [0.29, 0.717) is 5.75 Å². The van der Waals surface area contributed by atoms with Gasteiger partial charge in [0.05, 0.1) is 18.2 Å². The molecule has 2 rings (SSSR count). The van der Waals surface area contributed by atoms with E-state index in [1.165, 1.54) is 0 Å². The number of hydrogen-bond donors (Lipinski definition) is 0. The van der Waals surface area contributed by atoms with Gasteiger partial charge in [0.1, 0.15) is 12.0 Å². The van der Waals surface area contributed by atoms with E-state index in [4.69, 9.17) is 4.74 Å². The van der Waals surface area contributed by atoms with Gasteiger partial charge in [-0.3, -0.25) is 4.98 Å². The van der Waals surface area contributed by atoms with Crippen LogP contribution in [0.2, 0.25) is 0 Å². The van der Waals surface area contributed by atoms with E-state index in [-0.39, 0.29) is 5.41 Å². The Morgan fingerprint density at radius 2 is 2.38 bits per heavy atom. The number of aldehydes is 1.